The Morgan fingerprint density at radius 1 is 0.469 bits per heavy atom. The molecule has 32 heavy (non-hydrogen) atoms. The van der Waals surface area contributed by atoms with Gasteiger partial charge in [0.25, 0.3) is 0 Å². The first kappa shape index (κ1) is 26.0. The van der Waals surface area contributed by atoms with Crippen LogP contribution in [0.3, 0.4) is 0 Å². The first-order chi connectivity index (χ1) is 15.7. The number of hydrogen-bond donors (Lipinski definition) is 0. The van der Waals surface area contributed by atoms with Gasteiger partial charge in [-0.05, 0) is 61.1 Å². The second kappa shape index (κ2) is 15.6. The van der Waals surface area contributed by atoms with E-state index in [0.717, 1.165) is 26.2 Å². The van der Waals surface area contributed by atoms with E-state index in [9.17, 15) is 0 Å². The first-order valence-corrected chi connectivity index (χ1v) is 13.1. The Bertz CT molecular complexity index is 664. The van der Waals surface area contributed by atoms with Crippen molar-refractivity contribution in [2.45, 2.75) is 79.1 Å². The molecule has 0 amide bonds. The number of anilines is 2. The number of hydrogen-bond acceptors (Lipinski definition) is 2. The molecule has 176 valence electrons. The Kier molecular flexibility index (Phi) is 12.7. The molecule has 0 aliphatic heterocycles. The van der Waals surface area contributed by atoms with E-state index in [1.54, 1.807) is 0 Å². The van der Waals surface area contributed by atoms with Crippen molar-refractivity contribution in [2.24, 2.45) is 0 Å². The van der Waals surface area contributed by atoms with Gasteiger partial charge in [-0.3, -0.25) is 0 Å². The lowest BCUT2D eigenvalue weighted by Gasteiger charge is -2.25. The fraction of sp³-hybridized carbons (Fsp3) is 0.533. The van der Waals surface area contributed by atoms with E-state index >= 15 is 0 Å². The van der Waals surface area contributed by atoms with Crippen molar-refractivity contribution in [1.29, 1.82) is 0 Å². The molecule has 2 aromatic carbocycles. The lowest BCUT2D eigenvalue weighted by atomic mass is 10.1. The van der Waals surface area contributed by atoms with Crippen LogP contribution in [-0.2, 0) is 0 Å². The van der Waals surface area contributed by atoms with E-state index in [0.29, 0.717) is 0 Å². The molecule has 0 spiro atoms. The highest BCUT2D eigenvalue weighted by Crippen LogP contribution is 2.20. The summed E-state index contributed by atoms with van der Waals surface area (Å²) < 4.78 is 0. The van der Waals surface area contributed by atoms with Crippen LogP contribution >= 0.6 is 0 Å². The molecule has 2 nitrogen and oxygen atoms in total. The normalized spacial score (nSPS) is 11.2. The molecule has 2 rings (SSSR count). The molecule has 0 aromatic heterocycles. The predicted molar refractivity (Wildman–Crippen MR) is 146 cm³/mol. The molecule has 0 fully saturated rings. The standard InChI is InChI=1S/C30H46N2/c1-5-9-23-31(24-10-6-2)29-19-15-27(16-20-29)13-14-28-17-21-30(22-18-28)32(25-11-7-3)26-12-8-4/h13-22H,5-12,23-26H2,1-4H3. The summed E-state index contributed by atoms with van der Waals surface area (Å²) in [5.74, 6) is 0. The van der Waals surface area contributed by atoms with Crippen LogP contribution < -0.4 is 9.80 Å². The second-order valence-corrected chi connectivity index (χ2v) is 8.90. The number of rotatable bonds is 16. The smallest absolute Gasteiger partial charge is 0.0366 e. The Labute approximate surface area is 198 Å². The summed E-state index contributed by atoms with van der Waals surface area (Å²) >= 11 is 0. The average molecular weight is 435 g/mol. The van der Waals surface area contributed by atoms with Gasteiger partial charge in [-0.25, -0.2) is 0 Å². The maximum Gasteiger partial charge on any atom is 0.0366 e. The largest absolute Gasteiger partial charge is 0.372 e. The van der Waals surface area contributed by atoms with Gasteiger partial charge in [0.2, 0.25) is 0 Å². The molecule has 0 radical (unpaired) electrons. The van der Waals surface area contributed by atoms with Crippen molar-refractivity contribution in [3.8, 4) is 0 Å². The van der Waals surface area contributed by atoms with Gasteiger partial charge in [-0.2, -0.15) is 0 Å². The van der Waals surface area contributed by atoms with Crippen molar-refractivity contribution in [1.82, 2.24) is 0 Å². The third-order valence-corrected chi connectivity index (χ3v) is 6.11. The van der Waals surface area contributed by atoms with Crippen molar-refractivity contribution in [3.05, 3.63) is 59.7 Å². The first-order valence-electron chi connectivity index (χ1n) is 13.1. The molecule has 0 N–H and O–H groups in total. The van der Waals surface area contributed by atoms with Crippen LogP contribution in [0.1, 0.15) is 90.2 Å². The molecular formula is C30H46N2. The summed E-state index contributed by atoms with van der Waals surface area (Å²) in [5.41, 5.74) is 5.23. The zero-order valence-electron chi connectivity index (χ0n) is 21.2. The van der Waals surface area contributed by atoms with Crippen molar-refractivity contribution < 1.29 is 0 Å². The Hall–Kier alpha value is -2.22. The molecule has 2 aromatic rings. The quantitative estimate of drug-likeness (QED) is 0.244. The highest BCUT2D eigenvalue weighted by atomic mass is 15.1. The van der Waals surface area contributed by atoms with Gasteiger partial charge in [0.05, 0.1) is 0 Å². The minimum absolute atomic E-state index is 1.16. The molecule has 0 saturated heterocycles. The van der Waals surface area contributed by atoms with Crippen LogP contribution in [0.2, 0.25) is 0 Å². The number of nitrogens with zero attached hydrogens (tertiary/aromatic N) is 2. The van der Waals surface area contributed by atoms with Crippen molar-refractivity contribution in [3.63, 3.8) is 0 Å². The summed E-state index contributed by atoms with van der Waals surface area (Å²) in [6.07, 6.45) is 14.5. The van der Waals surface area contributed by atoms with Crippen molar-refractivity contribution >= 4 is 23.5 Å². The van der Waals surface area contributed by atoms with Gasteiger partial charge in [0.15, 0.2) is 0 Å². The Balaban J connectivity index is 2.01. The van der Waals surface area contributed by atoms with Crippen LogP contribution in [0, 0.1) is 0 Å². The monoisotopic (exact) mass is 434 g/mol. The Morgan fingerprint density at radius 2 is 0.750 bits per heavy atom. The van der Waals surface area contributed by atoms with Crippen LogP contribution in [-0.4, -0.2) is 26.2 Å². The summed E-state index contributed by atoms with van der Waals surface area (Å²) in [4.78, 5) is 5.09. The van der Waals surface area contributed by atoms with E-state index in [-0.39, 0.29) is 0 Å². The Morgan fingerprint density at radius 3 is 1.00 bits per heavy atom. The summed E-state index contributed by atoms with van der Waals surface area (Å²) in [6, 6.07) is 18.1. The molecule has 0 atom stereocenters. The number of unbranched alkanes of at least 4 members (excludes halogenated alkanes) is 4. The topological polar surface area (TPSA) is 6.48 Å². The highest BCUT2D eigenvalue weighted by Gasteiger charge is 2.06. The molecule has 0 saturated carbocycles. The lowest BCUT2D eigenvalue weighted by molar-refractivity contribution is 0.678. The van der Waals surface area contributed by atoms with Crippen LogP contribution in [0.4, 0.5) is 11.4 Å². The third-order valence-electron chi connectivity index (χ3n) is 6.11. The summed E-state index contributed by atoms with van der Waals surface area (Å²) in [7, 11) is 0. The lowest BCUT2D eigenvalue weighted by Crippen LogP contribution is -2.25. The molecule has 0 bridgehead atoms. The highest BCUT2D eigenvalue weighted by molar-refractivity contribution is 5.71. The minimum Gasteiger partial charge on any atom is -0.372 e. The molecule has 0 aliphatic carbocycles. The van der Waals surface area contributed by atoms with Gasteiger partial charge in [-0.1, -0.05) is 89.8 Å². The maximum absolute atomic E-state index is 2.54. The minimum atomic E-state index is 1.16. The summed E-state index contributed by atoms with van der Waals surface area (Å²) in [6.45, 7) is 13.7. The second-order valence-electron chi connectivity index (χ2n) is 8.90. The molecular weight excluding hydrogens is 388 g/mol. The predicted octanol–water partition coefficient (Wildman–Crippen LogP) is 8.67. The SMILES string of the molecule is CCCCN(CCCC)c1ccc(C=Cc2ccc(N(CCCC)CCCC)cc2)cc1. The summed E-state index contributed by atoms with van der Waals surface area (Å²) in [5, 5.41) is 0. The maximum atomic E-state index is 2.54. The van der Waals surface area contributed by atoms with Crippen molar-refractivity contribution in [2.75, 3.05) is 36.0 Å². The van der Waals surface area contributed by atoms with Crippen LogP contribution in [0.25, 0.3) is 12.2 Å². The molecule has 0 unspecified atom stereocenters. The number of benzene rings is 2. The van der Waals surface area contributed by atoms with Gasteiger partial charge in [0, 0.05) is 37.6 Å². The zero-order chi connectivity index (χ0) is 23.0. The van der Waals surface area contributed by atoms with Gasteiger partial charge in [-0.15, -0.1) is 0 Å². The molecule has 2 heteroatoms. The van der Waals surface area contributed by atoms with E-state index in [1.165, 1.54) is 73.9 Å². The van der Waals surface area contributed by atoms with Crippen LogP contribution in [0.15, 0.2) is 48.5 Å². The third kappa shape index (κ3) is 9.10. The zero-order valence-corrected chi connectivity index (χ0v) is 21.2. The van der Waals surface area contributed by atoms with Gasteiger partial charge < -0.3 is 9.80 Å². The van der Waals surface area contributed by atoms with E-state index in [2.05, 4.69) is 98.2 Å². The average Bonchev–Trinajstić information content (AvgIpc) is 2.84. The van der Waals surface area contributed by atoms with Crippen LogP contribution in [0.5, 0.6) is 0 Å². The van der Waals surface area contributed by atoms with Gasteiger partial charge >= 0.3 is 0 Å². The van der Waals surface area contributed by atoms with E-state index < -0.39 is 0 Å². The fourth-order valence-corrected chi connectivity index (χ4v) is 3.92. The van der Waals surface area contributed by atoms with Gasteiger partial charge in [0.1, 0.15) is 0 Å². The molecule has 0 aliphatic rings. The molecule has 0 heterocycles. The van der Waals surface area contributed by atoms with E-state index in [1.807, 2.05) is 0 Å². The fourth-order valence-electron chi connectivity index (χ4n) is 3.92. The van der Waals surface area contributed by atoms with E-state index in [4.69, 9.17) is 0 Å².